The van der Waals surface area contributed by atoms with Gasteiger partial charge in [0.15, 0.2) is 0 Å². The maximum absolute atomic E-state index is 11.8. The monoisotopic (exact) mass is 253 g/mol. The average Bonchev–Trinajstić information content (AvgIpc) is 2.38. The van der Waals surface area contributed by atoms with Gasteiger partial charge in [0.1, 0.15) is 6.04 Å². The van der Waals surface area contributed by atoms with Gasteiger partial charge in [-0.1, -0.05) is 0 Å². The van der Waals surface area contributed by atoms with Crippen LogP contribution < -0.4 is 10.2 Å². The molecule has 0 saturated heterocycles. The molecule has 0 radical (unpaired) electrons. The number of nitrogens with zero attached hydrogens (tertiary/aromatic N) is 2. The van der Waals surface area contributed by atoms with Crippen LogP contribution in [-0.4, -0.2) is 46.9 Å². The number of carboxylic acid groups (broad SMARTS) is 1. The number of urea groups is 1. The van der Waals surface area contributed by atoms with Crippen molar-refractivity contribution in [1.29, 1.82) is 0 Å². The third-order valence-electron chi connectivity index (χ3n) is 2.35. The topological polar surface area (TPSA) is 103 Å². The van der Waals surface area contributed by atoms with E-state index in [-0.39, 0.29) is 13.0 Å². The number of carbonyl (C=O) groups is 2. The van der Waals surface area contributed by atoms with Crippen molar-refractivity contribution < 1.29 is 19.8 Å². The summed E-state index contributed by atoms with van der Waals surface area (Å²) in [7, 11) is 1.50. The van der Waals surface area contributed by atoms with E-state index in [0.29, 0.717) is 5.69 Å². The Morgan fingerprint density at radius 3 is 2.78 bits per heavy atom. The molecule has 1 atom stereocenters. The molecule has 3 N–H and O–H groups in total. The fraction of sp³-hybridized carbons (Fsp3) is 0.364. The van der Waals surface area contributed by atoms with Gasteiger partial charge in [0.25, 0.3) is 0 Å². The zero-order chi connectivity index (χ0) is 13.5. The van der Waals surface area contributed by atoms with Crippen LogP contribution in [0.15, 0.2) is 24.5 Å². The van der Waals surface area contributed by atoms with Crippen LogP contribution in [0.2, 0.25) is 0 Å². The number of aliphatic hydroxyl groups excluding tert-OH is 1. The highest BCUT2D eigenvalue weighted by Gasteiger charge is 2.21. The molecule has 0 bridgehead atoms. The summed E-state index contributed by atoms with van der Waals surface area (Å²) in [4.78, 5) is 27.7. The van der Waals surface area contributed by atoms with E-state index in [1.807, 2.05) is 0 Å². The Kier molecular flexibility index (Phi) is 5.06. The van der Waals surface area contributed by atoms with Gasteiger partial charge in [-0.15, -0.1) is 0 Å². The normalized spacial score (nSPS) is 11.7. The Hall–Kier alpha value is -2.15. The largest absolute Gasteiger partial charge is 0.480 e. The molecule has 1 aromatic heterocycles. The number of carboxylic acids is 1. The highest BCUT2D eigenvalue weighted by Crippen LogP contribution is 2.09. The minimum absolute atomic E-state index is 0.0397. The number of hydrogen-bond acceptors (Lipinski definition) is 4. The number of aliphatic carboxylic acids is 1. The summed E-state index contributed by atoms with van der Waals surface area (Å²) in [6.07, 6.45) is 3.02. The summed E-state index contributed by atoms with van der Waals surface area (Å²) < 4.78 is 0. The smallest absolute Gasteiger partial charge is 0.326 e. The molecule has 1 heterocycles. The predicted octanol–water partition coefficient (Wildman–Crippen LogP) is 0.0630. The zero-order valence-corrected chi connectivity index (χ0v) is 9.91. The van der Waals surface area contributed by atoms with E-state index in [0.717, 1.165) is 0 Å². The van der Waals surface area contributed by atoms with Gasteiger partial charge >= 0.3 is 12.0 Å². The average molecular weight is 253 g/mol. The molecule has 0 spiro atoms. The molecule has 0 aliphatic carbocycles. The minimum Gasteiger partial charge on any atom is -0.480 e. The van der Waals surface area contributed by atoms with Gasteiger partial charge < -0.3 is 15.5 Å². The van der Waals surface area contributed by atoms with Crippen LogP contribution in [-0.2, 0) is 4.79 Å². The Bertz CT molecular complexity index is 410. The minimum atomic E-state index is -1.18. The lowest BCUT2D eigenvalue weighted by Crippen LogP contribution is -2.47. The molecule has 0 aliphatic rings. The summed E-state index contributed by atoms with van der Waals surface area (Å²) in [6, 6.07) is 1.67. The molecule has 1 aromatic rings. The molecule has 0 aliphatic heterocycles. The van der Waals surface area contributed by atoms with Crippen LogP contribution >= 0.6 is 0 Å². The lowest BCUT2D eigenvalue weighted by atomic mass is 10.2. The molecule has 7 nitrogen and oxygen atoms in total. The maximum atomic E-state index is 11.8. The van der Waals surface area contributed by atoms with Crippen LogP contribution in [0, 0.1) is 0 Å². The van der Waals surface area contributed by atoms with Crippen molar-refractivity contribution in [3.8, 4) is 0 Å². The van der Waals surface area contributed by atoms with Crippen molar-refractivity contribution in [3.63, 3.8) is 0 Å². The van der Waals surface area contributed by atoms with Crippen molar-refractivity contribution in [3.05, 3.63) is 24.5 Å². The van der Waals surface area contributed by atoms with Gasteiger partial charge in [-0.3, -0.25) is 9.88 Å². The van der Waals surface area contributed by atoms with E-state index in [9.17, 15) is 9.59 Å². The first-order valence-corrected chi connectivity index (χ1v) is 5.34. The van der Waals surface area contributed by atoms with E-state index in [1.54, 1.807) is 18.3 Å². The summed E-state index contributed by atoms with van der Waals surface area (Å²) in [5, 5.41) is 19.9. The van der Waals surface area contributed by atoms with Gasteiger partial charge in [-0.25, -0.2) is 9.59 Å². The molecule has 2 amide bonds. The van der Waals surface area contributed by atoms with Crippen molar-refractivity contribution in [2.24, 2.45) is 0 Å². The second kappa shape index (κ2) is 6.55. The van der Waals surface area contributed by atoms with Crippen LogP contribution in [0.25, 0.3) is 0 Å². The van der Waals surface area contributed by atoms with Crippen molar-refractivity contribution in [2.45, 2.75) is 12.5 Å². The quantitative estimate of drug-likeness (QED) is 0.688. The van der Waals surface area contributed by atoms with E-state index >= 15 is 0 Å². The molecular weight excluding hydrogens is 238 g/mol. The number of hydrogen-bond donors (Lipinski definition) is 3. The maximum Gasteiger partial charge on any atom is 0.326 e. The Morgan fingerprint density at radius 1 is 1.56 bits per heavy atom. The van der Waals surface area contributed by atoms with Gasteiger partial charge in [-0.2, -0.15) is 0 Å². The highest BCUT2D eigenvalue weighted by atomic mass is 16.4. The Balaban J connectivity index is 2.67. The van der Waals surface area contributed by atoms with Crippen molar-refractivity contribution >= 4 is 17.7 Å². The number of aromatic nitrogens is 1. The third kappa shape index (κ3) is 3.70. The van der Waals surface area contributed by atoms with Crippen LogP contribution in [0.5, 0.6) is 0 Å². The van der Waals surface area contributed by atoms with Gasteiger partial charge in [0.2, 0.25) is 0 Å². The summed E-state index contributed by atoms with van der Waals surface area (Å²) in [5.74, 6) is -1.18. The zero-order valence-electron chi connectivity index (χ0n) is 9.91. The molecule has 98 valence electrons. The first kappa shape index (κ1) is 13.9. The third-order valence-corrected chi connectivity index (χ3v) is 2.35. The van der Waals surface area contributed by atoms with Crippen molar-refractivity contribution in [1.82, 2.24) is 10.3 Å². The van der Waals surface area contributed by atoms with Crippen LogP contribution in [0.3, 0.4) is 0 Å². The number of carbonyl (C=O) groups excluding carboxylic acids is 1. The van der Waals surface area contributed by atoms with Gasteiger partial charge in [0.05, 0.1) is 11.9 Å². The SMILES string of the molecule is CN(C(=O)NC(CCO)C(=O)O)c1cccnc1. The number of nitrogens with one attached hydrogen (secondary N) is 1. The number of rotatable bonds is 5. The second-order valence-electron chi connectivity index (χ2n) is 3.62. The standard InChI is InChI=1S/C11H15N3O4/c1-14(8-3-2-5-12-7-8)11(18)13-9(4-6-15)10(16)17/h2-3,5,7,9,15H,4,6H2,1H3,(H,13,18)(H,16,17). The molecule has 0 saturated carbocycles. The highest BCUT2D eigenvalue weighted by molar-refractivity contribution is 5.93. The van der Waals surface area contributed by atoms with Gasteiger partial charge in [0, 0.05) is 26.3 Å². The fourth-order valence-electron chi connectivity index (χ4n) is 1.30. The first-order chi connectivity index (χ1) is 8.56. The number of anilines is 1. The molecular formula is C11H15N3O4. The number of amides is 2. The van der Waals surface area contributed by atoms with Gasteiger partial charge in [-0.05, 0) is 12.1 Å². The van der Waals surface area contributed by atoms with E-state index in [2.05, 4.69) is 10.3 Å². The lowest BCUT2D eigenvalue weighted by Gasteiger charge is -2.20. The second-order valence-corrected chi connectivity index (χ2v) is 3.62. The number of aliphatic hydroxyl groups is 1. The first-order valence-electron chi connectivity index (χ1n) is 5.34. The Labute approximate surface area is 104 Å². The summed E-state index contributed by atoms with van der Waals surface area (Å²) in [5.41, 5.74) is 0.545. The molecule has 1 rings (SSSR count). The summed E-state index contributed by atoms with van der Waals surface area (Å²) in [6.45, 7) is -0.312. The van der Waals surface area contributed by atoms with E-state index in [4.69, 9.17) is 10.2 Å². The van der Waals surface area contributed by atoms with E-state index in [1.165, 1.54) is 18.1 Å². The molecule has 1 unspecified atom stereocenters. The number of pyridine rings is 1. The van der Waals surface area contributed by atoms with Crippen LogP contribution in [0.4, 0.5) is 10.5 Å². The Morgan fingerprint density at radius 2 is 2.28 bits per heavy atom. The van der Waals surface area contributed by atoms with E-state index < -0.39 is 18.0 Å². The summed E-state index contributed by atoms with van der Waals surface area (Å²) >= 11 is 0. The fourth-order valence-corrected chi connectivity index (χ4v) is 1.30. The lowest BCUT2D eigenvalue weighted by molar-refractivity contribution is -0.139. The van der Waals surface area contributed by atoms with Crippen LogP contribution in [0.1, 0.15) is 6.42 Å². The predicted molar refractivity (Wildman–Crippen MR) is 64.3 cm³/mol. The molecule has 0 aromatic carbocycles. The molecule has 7 heteroatoms. The van der Waals surface area contributed by atoms with Crippen molar-refractivity contribution in [2.75, 3.05) is 18.6 Å². The molecule has 18 heavy (non-hydrogen) atoms. The molecule has 0 fully saturated rings.